The van der Waals surface area contributed by atoms with Gasteiger partial charge in [0, 0.05) is 27.1 Å². The third-order valence-electron chi connectivity index (χ3n) is 2.78. The van der Waals surface area contributed by atoms with Crippen molar-refractivity contribution in [1.29, 1.82) is 0 Å². The molecule has 0 aromatic heterocycles. The van der Waals surface area contributed by atoms with Gasteiger partial charge >= 0.3 is 0 Å². The van der Waals surface area contributed by atoms with Crippen LogP contribution >= 0.6 is 0 Å². The summed E-state index contributed by atoms with van der Waals surface area (Å²) in [6.45, 7) is 3.33. The zero-order valence-electron chi connectivity index (χ0n) is 11.2. The van der Waals surface area contributed by atoms with Crippen LogP contribution in [-0.4, -0.2) is 55.9 Å². The van der Waals surface area contributed by atoms with Crippen LogP contribution in [0.25, 0.3) is 0 Å². The van der Waals surface area contributed by atoms with Gasteiger partial charge in [-0.3, -0.25) is 4.79 Å². The van der Waals surface area contributed by atoms with E-state index < -0.39 is 6.10 Å². The lowest BCUT2D eigenvalue weighted by Crippen LogP contribution is -2.36. The highest BCUT2D eigenvalue weighted by molar-refractivity contribution is 5.75. The number of hydrogen-bond donors (Lipinski definition) is 2. The Bertz CT molecular complexity index is 212. The Morgan fingerprint density at radius 2 is 2.12 bits per heavy atom. The highest BCUT2D eigenvalue weighted by atomic mass is 16.5. The molecule has 0 saturated carbocycles. The van der Waals surface area contributed by atoms with Gasteiger partial charge in [-0.2, -0.15) is 0 Å². The highest BCUT2D eigenvalue weighted by Gasteiger charge is 2.14. The molecule has 0 fully saturated rings. The molecule has 102 valence electrons. The number of carbonyl (C=O) groups excluding carboxylic acids is 1. The Hall–Kier alpha value is -0.650. The van der Waals surface area contributed by atoms with E-state index in [1.807, 2.05) is 0 Å². The third kappa shape index (κ3) is 8.12. The van der Waals surface area contributed by atoms with Crippen molar-refractivity contribution in [3.8, 4) is 0 Å². The summed E-state index contributed by atoms with van der Waals surface area (Å²) in [6, 6.07) is 0. The maximum Gasteiger partial charge on any atom is 0.222 e. The first-order chi connectivity index (χ1) is 8.01. The molecule has 0 spiro atoms. The SMILES string of the molecule is COCC(O)CN(C)C(=O)CCC(C)CCN. The maximum atomic E-state index is 11.7. The summed E-state index contributed by atoms with van der Waals surface area (Å²) in [5.41, 5.74) is 5.45. The summed E-state index contributed by atoms with van der Waals surface area (Å²) in [5.74, 6) is 0.533. The number of hydrogen-bond acceptors (Lipinski definition) is 4. The molecule has 0 aliphatic heterocycles. The number of methoxy groups -OCH3 is 1. The molecule has 0 bridgehead atoms. The van der Waals surface area contributed by atoms with Crippen LogP contribution in [0.1, 0.15) is 26.2 Å². The Balaban J connectivity index is 3.81. The fourth-order valence-electron chi connectivity index (χ4n) is 1.65. The minimum Gasteiger partial charge on any atom is -0.389 e. The first-order valence-corrected chi connectivity index (χ1v) is 6.12. The smallest absolute Gasteiger partial charge is 0.222 e. The Kier molecular flexibility index (Phi) is 9.03. The van der Waals surface area contributed by atoms with E-state index in [0.29, 0.717) is 25.4 Å². The predicted molar refractivity (Wildman–Crippen MR) is 67.6 cm³/mol. The average molecular weight is 246 g/mol. The van der Waals surface area contributed by atoms with Gasteiger partial charge in [0.2, 0.25) is 5.91 Å². The van der Waals surface area contributed by atoms with Gasteiger partial charge in [-0.25, -0.2) is 0 Å². The van der Waals surface area contributed by atoms with Crippen LogP contribution in [0, 0.1) is 5.92 Å². The molecule has 0 rings (SSSR count). The highest BCUT2D eigenvalue weighted by Crippen LogP contribution is 2.10. The molecule has 0 radical (unpaired) electrons. The minimum atomic E-state index is -0.615. The topological polar surface area (TPSA) is 75.8 Å². The van der Waals surface area contributed by atoms with E-state index in [9.17, 15) is 9.90 Å². The summed E-state index contributed by atoms with van der Waals surface area (Å²) >= 11 is 0. The molecular weight excluding hydrogens is 220 g/mol. The van der Waals surface area contributed by atoms with E-state index in [1.165, 1.54) is 7.11 Å². The lowest BCUT2D eigenvalue weighted by molar-refractivity contribution is -0.131. The summed E-state index contributed by atoms with van der Waals surface area (Å²) < 4.78 is 4.81. The molecule has 2 unspecified atom stereocenters. The minimum absolute atomic E-state index is 0.0593. The van der Waals surface area contributed by atoms with Crippen molar-refractivity contribution in [1.82, 2.24) is 4.90 Å². The molecule has 3 N–H and O–H groups in total. The molecular formula is C12H26N2O3. The summed E-state index contributed by atoms with van der Waals surface area (Å²) in [4.78, 5) is 13.3. The van der Waals surface area contributed by atoms with E-state index in [4.69, 9.17) is 10.5 Å². The number of aliphatic hydroxyl groups is 1. The van der Waals surface area contributed by atoms with Gasteiger partial charge in [-0.15, -0.1) is 0 Å². The van der Waals surface area contributed by atoms with Crippen LogP contribution in [0.5, 0.6) is 0 Å². The van der Waals surface area contributed by atoms with E-state index in [-0.39, 0.29) is 12.5 Å². The second kappa shape index (κ2) is 9.39. The molecule has 5 heteroatoms. The zero-order valence-corrected chi connectivity index (χ0v) is 11.2. The molecule has 0 heterocycles. The normalized spacial score (nSPS) is 14.4. The van der Waals surface area contributed by atoms with Gasteiger partial charge in [0.25, 0.3) is 0 Å². The number of likely N-dealkylation sites (N-methyl/N-ethyl adjacent to an activating group) is 1. The summed E-state index contributed by atoms with van der Waals surface area (Å²) in [6.07, 6.45) is 1.69. The fraction of sp³-hybridized carbons (Fsp3) is 0.917. The van der Waals surface area contributed by atoms with E-state index in [2.05, 4.69) is 6.92 Å². The van der Waals surface area contributed by atoms with Gasteiger partial charge < -0.3 is 20.5 Å². The molecule has 0 aliphatic rings. The second-order valence-corrected chi connectivity index (χ2v) is 4.60. The number of rotatable bonds is 9. The van der Waals surface area contributed by atoms with Crippen molar-refractivity contribution in [2.45, 2.75) is 32.3 Å². The van der Waals surface area contributed by atoms with Crippen LogP contribution in [0.3, 0.4) is 0 Å². The third-order valence-corrected chi connectivity index (χ3v) is 2.78. The molecule has 2 atom stereocenters. The standard InChI is InChI=1S/C12H26N2O3/c1-10(6-7-13)4-5-12(16)14(2)8-11(15)9-17-3/h10-11,15H,4-9,13H2,1-3H3. The van der Waals surface area contributed by atoms with Crippen molar-refractivity contribution in [2.24, 2.45) is 11.7 Å². The van der Waals surface area contributed by atoms with Crippen LogP contribution in [-0.2, 0) is 9.53 Å². The van der Waals surface area contributed by atoms with Gasteiger partial charge in [0.05, 0.1) is 12.7 Å². The van der Waals surface area contributed by atoms with Gasteiger partial charge in [-0.1, -0.05) is 6.92 Å². The number of nitrogens with two attached hydrogens (primary N) is 1. The number of aliphatic hydroxyl groups excluding tert-OH is 1. The van der Waals surface area contributed by atoms with Gasteiger partial charge in [-0.05, 0) is 25.3 Å². The maximum absolute atomic E-state index is 11.7. The monoisotopic (exact) mass is 246 g/mol. The lowest BCUT2D eigenvalue weighted by Gasteiger charge is -2.21. The van der Waals surface area contributed by atoms with Gasteiger partial charge in [0.1, 0.15) is 0 Å². The van der Waals surface area contributed by atoms with Crippen molar-refractivity contribution < 1.29 is 14.6 Å². The van der Waals surface area contributed by atoms with Crippen LogP contribution < -0.4 is 5.73 Å². The molecule has 5 nitrogen and oxygen atoms in total. The average Bonchev–Trinajstić information content (AvgIpc) is 2.26. The van der Waals surface area contributed by atoms with Gasteiger partial charge in [0.15, 0.2) is 0 Å². The summed E-state index contributed by atoms with van der Waals surface area (Å²) in [7, 11) is 3.23. The molecule has 0 aliphatic carbocycles. The van der Waals surface area contributed by atoms with Crippen molar-refractivity contribution in [2.75, 3.05) is 33.9 Å². The second-order valence-electron chi connectivity index (χ2n) is 4.60. The largest absolute Gasteiger partial charge is 0.389 e. The molecule has 0 aromatic carbocycles. The zero-order chi connectivity index (χ0) is 13.3. The predicted octanol–water partition coefficient (Wildman–Crippen LogP) is 0.217. The van der Waals surface area contributed by atoms with E-state index in [1.54, 1.807) is 11.9 Å². The summed E-state index contributed by atoms with van der Waals surface area (Å²) in [5, 5.41) is 9.49. The van der Waals surface area contributed by atoms with E-state index >= 15 is 0 Å². The number of ether oxygens (including phenoxy) is 1. The number of amides is 1. The van der Waals surface area contributed by atoms with Crippen molar-refractivity contribution >= 4 is 5.91 Å². The van der Waals surface area contributed by atoms with Crippen molar-refractivity contribution in [3.05, 3.63) is 0 Å². The van der Waals surface area contributed by atoms with Crippen LogP contribution in [0.15, 0.2) is 0 Å². The molecule has 1 amide bonds. The Morgan fingerprint density at radius 1 is 1.47 bits per heavy atom. The first-order valence-electron chi connectivity index (χ1n) is 6.12. The van der Waals surface area contributed by atoms with E-state index in [0.717, 1.165) is 12.8 Å². The van der Waals surface area contributed by atoms with Crippen molar-refractivity contribution in [3.63, 3.8) is 0 Å². The number of nitrogens with zero attached hydrogens (tertiary/aromatic N) is 1. The lowest BCUT2D eigenvalue weighted by atomic mass is 10.0. The quantitative estimate of drug-likeness (QED) is 0.610. The van der Waals surface area contributed by atoms with Crippen LogP contribution in [0.4, 0.5) is 0 Å². The molecule has 0 aromatic rings. The Labute approximate surface area is 104 Å². The Morgan fingerprint density at radius 3 is 2.65 bits per heavy atom. The first kappa shape index (κ1) is 16.4. The van der Waals surface area contributed by atoms with Crippen LogP contribution in [0.2, 0.25) is 0 Å². The fourth-order valence-corrected chi connectivity index (χ4v) is 1.65. The molecule has 0 saturated heterocycles. The molecule has 17 heavy (non-hydrogen) atoms. The number of carbonyl (C=O) groups is 1.